The molecule has 0 saturated carbocycles. The predicted octanol–water partition coefficient (Wildman–Crippen LogP) is 1.86. The fraction of sp³-hybridized carbons (Fsp3) is 0.714. The van der Waals surface area contributed by atoms with Crippen molar-refractivity contribution in [3.05, 3.63) is 18.0 Å². The van der Waals surface area contributed by atoms with Crippen molar-refractivity contribution in [2.24, 2.45) is 5.73 Å². The van der Waals surface area contributed by atoms with Gasteiger partial charge in [-0.15, -0.1) is 0 Å². The van der Waals surface area contributed by atoms with E-state index in [2.05, 4.69) is 24.3 Å². The molecule has 1 heterocycles. The Bertz CT molecular complexity index is 435. The van der Waals surface area contributed by atoms with Crippen LogP contribution in [0.5, 0.6) is 0 Å². The van der Waals surface area contributed by atoms with Crippen LogP contribution in [0.4, 0.5) is 4.79 Å². The molecule has 1 rings (SSSR count). The number of hydrogen-bond donors (Lipinski definition) is 2. The first-order valence-electron chi connectivity index (χ1n) is 6.93. The lowest BCUT2D eigenvalue weighted by Gasteiger charge is -2.20. The molecule has 1 unspecified atom stereocenters. The van der Waals surface area contributed by atoms with Crippen molar-refractivity contribution in [1.82, 2.24) is 15.1 Å². The molecule has 0 aliphatic carbocycles. The van der Waals surface area contributed by atoms with E-state index in [0.717, 1.165) is 5.56 Å². The van der Waals surface area contributed by atoms with Crippen molar-refractivity contribution in [1.29, 1.82) is 0 Å². The summed E-state index contributed by atoms with van der Waals surface area (Å²) in [7, 11) is 0. The highest BCUT2D eigenvalue weighted by Gasteiger charge is 2.16. The number of nitrogens with one attached hydrogen (secondary N) is 1. The lowest BCUT2D eigenvalue weighted by molar-refractivity contribution is 0.0524. The van der Waals surface area contributed by atoms with Gasteiger partial charge in [-0.25, -0.2) is 4.79 Å². The molecule has 0 saturated heterocycles. The molecule has 0 aliphatic rings. The van der Waals surface area contributed by atoms with Gasteiger partial charge < -0.3 is 15.8 Å². The van der Waals surface area contributed by atoms with E-state index >= 15 is 0 Å². The Labute approximate surface area is 120 Å². The molecule has 1 amide bonds. The molecule has 1 atom stereocenters. The van der Waals surface area contributed by atoms with Crippen molar-refractivity contribution >= 4 is 6.09 Å². The van der Waals surface area contributed by atoms with Crippen molar-refractivity contribution in [2.75, 3.05) is 6.54 Å². The highest BCUT2D eigenvalue weighted by molar-refractivity contribution is 5.67. The number of nitrogens with zero attached hydrogens (tertiary/aromatic N) is 2. The van der Waals surface area contributed by atoms with Crippen molar-refractivity contribution < 1.29 is 9.53 Å². The zero-order chi connectivity index (χ0) is 15.3. The summed E-state index contributed by atoms with van der Waals surface area (Å²) in [6.07, 6.45) is 4.03. The summed E-state index contributed by atoms with van der Waals surface area (Å²) in [5.74, 6) is 0. The van der Waals surface area contributed by atoms with Crippen molar-refractivity contribution in [2.45, 2.75) is 58.7 Å². The fourth-order valence-electron chi connectivity index (χ4n) is 1.67. The van der Waals surface area contributed by atoms with Gasteiger partial charge in [-0.3, -0.25) is 4.68 Å². The number of alkyl carbamates (subject to hydrolysis) is 1. The molecule has 0 bridgehead atoms. The van der Waals surface area contributed by atoms with E-state index in [1.54, 1.807) is 0 Å². The molecule has 0 aliphatic heterocycles. The summed E-state index contributed by atoms with van der Waals surface area (Å²) in [4.78, 5) is 11.5. The van der Waals surface area contributed by atoms with Gasteiger partial charge in [0.2, 0.25) is 0 Å². The number of rotatable bonds is 5. The van der Waals surface area contributed by atoms with Gasteiger partial charge in [-0.1, -0.05) is 0 Å². The summed E-state index contributed by atoms with van der Waals surface area (Å²) in [6, 6.07) is 0.173. The molecule has 1 aromatic rings. The molecule has 3 N–H and O–H groups in total. The third-order valence-corrected chi connectivity index (χ3v) is 2.59. The predicted molar refractivity (Wildman–Crippen MR) is 78.5 cm³/mol. The van der Waals surface area contributed by atoms with Crippen LogP contribution >= 0.6 is 0 Å². The molecular formula is C14H26N4O2. The number of carbonyl (C=O) groups is 1. The van der Waals surface area contributed by atoms with Crippen LogP contribution in [0.3, 0.4) is 0 Å². The Balaban J connectivity index is 2.36. The average Bonchev–Trinajstić information content (AvgIpc) is 2.72. The first-order valence-corrected chi connectivity index (χ1v) is 6.93. The summed E-state index contributed by atoms with van der Waals surface area (Å²) in [5.41, 5.74) is 6.57. The van der Waals surface area contributed by atoms with Gasteiger partial charge in [0, 0.05) is 24.8 Å². The Morgan fingerprint density at radius 3 is 2.65 bits per heavy atom. The number of amides is 1. The molecule has 6 heteroatoms. The molecule has 114 valence electrons. The van der Waals surface area contributed by atoms with Gasteiger partial charge in [-0.05, 0) is 46.6 Å². The number of ether oxygens (including phenoxy) is 1. The zero-order valence-electron chi connectivity index (χ0n) is 13.0. The third-order valence-electron chi connectivity index (χ3n) is 2.59. The number of hydrogen-bond acceptors (Lipinski definition) is 4. The second kappa shape index (κ2) is 6.74. The van der Waals surface area contributed by atoms with E-state index in [0.29, 0.717) is 19.0 Å². The number of nitrogens with two attached hydrogens (primary N) is 1. The maximum atomic E-state index is 11.5. The van der Waals surface area contributed by atoms with E-state index in [4.69, 9.17) is 10.5 Å². The smallest absolute Gasteiger partial charge is 0.407 e. The van der Waals surface area contributed by atoms with Gasteiger partial charge in [0.15, 0.2) is 0 Å². The van der Waals surface area contributed by atoms with E-state index in [1.807, 2.05) is 37.8 Å². The van der Waals surface area contributed by atoms with E-state index in [9.17, 15) is 4.79 Å². The number of carbonyl (C=O) groups excluding carboxylic acids is 1. The van der Waals surface area contributed by atoms with Gasteiger partial charge in [0.1, 0.15) is 5.60 Å². The van der Waals surface area contributed by atoms with Crippen LogP contribution in [0.2, 0.25) is 0 Å². The Morgan fingerprint density at radius 1 is 1.50 bits per heavy atom. The zero-order valence-corrected chi connectivity index (χ0v) is 13.0. The molecule has 1 aromatic heterocycles. The lowest BCUT2D eigenvalue weighted by atomic mass is 10.1. The largest absolute Gasteiger partial charge is 0.444 e. The second-order valence-electron chi connectivity index (χ2n) is 6.27. The summed E-state index contributed by atoms with van der Waals surface area (Å²) >= 11 is 0. The normalized spacial score (nSPS) is 13.3. The minimum atomic E-state index is -0.493. The van der Waals surface area contributed by atoms with Crippen LogP contribution in [0.25, 0.3) is 0 Å². The molecular weight excluding hydrogens is 256 g/mol. The van der Waals surface area contributed by atoms with E-state index < -0.39 is 11.7 Å². The summed E-state index contributed by atoms with van der Waals surface area (Å²) in [5, 5.41) is 6.94. The SMILES string of the molecule is CC(C)n1cc(CC(N)CNC(=O)OC(C)(C)C)cn1. The molecule has 0 aromatic carbocycles. The fourth-order valence-corrected chi connectivity index (χ4v) is 1.67. The average molecular weight is 282 g/mol. The van der Waals surface area contributed by atoms with Crippen molar-refractivity contribution in [3.8, 4) is 0 Å². The van der Waals surface area contributed by atoms with Gasteiger partial charge in [0.05, 0.1) is 6.20 Å². The first-order chi connectivity index (χ1) is 9.17. The number of aromatic nitrogens is 2. The van der Waals surface area contributed by atoms with Crippen LogP contribution < -0.4 is 11.1 Å². The monoisotopic (exact) mass is 282 g/mol. The van der Waals surface area contributed by atoms with Crippen LogP contribution in [0.1, 0.15) is 46.2 Å². The maximum Gasteiger partial charge on any atom is 0.407 e. The minimum absolute atomic E-state index is 0.160. The molecule has 0 fully saturated rings. The Kier molecular flexibility index (Phi) is 5.56. The highest BCUT2D eigenvalue weighted by atomic mass is 16.6. The van der Waals surface area contributed by atoms with Gasteiger partial charge in [-0.2, -0.15) is 5.10 Å². The molecule has 20 heavy (non-hydrogen) atoms. The molecule has 0 spiro atoms. The Hall–Kier alpha value is -1.56. The quantitative estimate of drug-likeness (QED) is 0.863. The van der Waals surface area contributed by atoms with Crippen molar-refractivity contribution in [3.63, 3.8) is 0 Å². The van der Waals surface area contributed by atoms with Crippen LogP contribution in [0, 0.1) is 0 Å². The summed E-state index contributed by atoms with van der Waals surface area (Å²) in [6.45, 7) is 10.00. The molecule has 0 radical (unpaired) electrons. The van der Waals surface area contributed by atoms with E-state index in [-0.39, 0.29) is 6.04 Å². The van der Waals surface area contributed by atoms with Crippen LogP contribution in [-0.4, -0.2) is 34.1 Å². The summed E-state index contributed by atoms with van der Waals surface area (Å²) < 4.78 is 7.04. The van der Waals surface area contributed by atoms with Crippen LogP contribution in [-0.2, 0) is 11.2 Å². The standard InChI is InChI=1S/C14H26N4O2/c1-10(2)18-9-11(7-17-18)6-12(15)8-16-13(19)20-14(3,4)5/h7,9-10,12H,6,8,15H2,1-5H3,(H,16,19). The minimum Gasteiger partial charge on any atom is -0.444 e. The highest BCUT2D eigenvalue weighted by Crippen LogP contribution is 2.08. The van der Waals surface area contributed by atoms with Crippen LogP contribution in [0.15, 0.2) is 12.4 Å². The third kappa shape index (κ3) is 6.06. The maximum absolute atomic E-state index is 11.5. The lowest BCUT2D eigenvalue weighted by Crippen LogP contribution is -2.41. The van der Waals surface area contributed by atoms with Gasteiger partial charge >= 0.3 is 6.09 Å². The molecule has 6 nitrogen and oxygen atoms in total. The second-order valence-corrected chi connectivity index (χ2v) is 6.27. The Morgan fingerprint density at radius 2 is 2.15 bits per heavy atom. The van der Waals surface area contributed by atoms with E-state index in [1.165, 1.54) is 0 Å². The topological polar surface area (TPSA) is 82.2 Å². The van der Waals surface area contributed by atoms with Gasteiger partial charge in [0.25, 0.3) is 0 Å². The first kappa shape index (κ1) is 16.5.